The largest absolute Gasteiger partial charge is 0.508 e. The molecule has 1 heterocycles. The van der Waals surface area contributed by atoms with E-state index in [1.54, 1.807) is 0 Å². The number of hydrogen-bond acceptors (Lipinski definition) is 8. The number of phenols is 4. The molecule has 0 amide bonds. The topological polar surface area (TPSA) is 149 Å². The van der Waals surface area contributed by atoms with Crippen molar-refractivity contribution >= 4 is 0 Å². The van der Waals surface area contributed by atoms with Crippen LogP contribution in [0.4, 0.5) is 0 Å². The number of aromatic hydroxyl groups is 4. The molecule has 0 spiro atoms. The zero-order chi connectivity index (χ0) is 17.5. The first kappa shape index (κ1) is 16.6. The monoisotopic (exact) mass is 331 g/mol. The first-order chi connectivity index (χ1) is 11.5. The SMILES string of the molecule is O=c1ncnc[nH]1.Oc1ccc(Oc2ccc(O)cc2O)c(O)c1. The predicted molar refractivity (Wildman–Crippen MR) is 82.3 cm³/mol. The molecule has 0 bridgehead atoms. The van der Waals surface area contributed by atoms with Gasteiger partial charge in [-0.3, -0.25) is 4.98 Å². The first-order valence-corrected chi connectivity index (χ1v) is 6.52. The van der Waals surface area contributed by atoms with E-state index in [0.29, 0.717) is 0 Å². The Labute approximate surface area is 135 Å². The van der Waals surface area contributed by atoms with Crippen molar-refractivity contribution in [3.63, 3.8) is 0 Å². The Morgan fingerprint density at radius 3 is 1.75 bits per heavy atom. The fourth-order valence-electron chi connectivity index (χ4n) is 1.55. The Hall–Kier alpha value is -3.75. The molecule has 3 aromatic rings. The highest BCUT2D eigenvalue weighted by molar-refractivity contribution is 5.50. The van der Waals surface area contributed by atoms with Crippen molar-refractivity contribution in [3.8, 4) is 34.5 Å². The summed E-state index contributed by atoms with van der Waals surface area (Å²) in [6, 6.07) is 7.63. The lowest BCUT2D eigenvalue weighted by atomic mass is 10.3. The Balaban J connectivity index is 0.000000249. The normalized spacial score (nSPS) is 9.67. The van der Waals surface area contributed by atoms with E-state index in [9.17, 15) is 15.0 Å². The van der Waals surface area contributed by atoms with Gasteiger partial charge >= 0.3 is 5.69 Å². The Bertz CT molecular complexity index is 814. The van der Waals surface area contributed by atoms with Gasteiger partial charge in [-0.1, -0.05) is 0 Å². The quantitative estimate of drug-likeness (QED) is 0.474. The Kier molecular flexibility index (Phi) is 5.19. The van der Waals surface area contributed by atoms with Crippen LogP contribution < -0.4 is 10.4 Å². The average Bonchev–Trinajstić information content (AvgIpc) is 2.54. The molecule has 124 valence electrons. The summed E-state index contributed by atoms with van der Waals surface area (Å²) >= 11 is 0. The van der Waals surface area contributed by atoms with Gasteiger partial charge in [0.1, 0.15) is 17.8 Å². The smallest absolute Gasteiger partial charge is 0.347 e. The van der Waals surface area contributed by atoms with E-state index >= 15 is 0 Å². The fourth-order valence-corrected chi connectivity index (χ4v) is 1.55. The van der Waals surface area contributed by atoms with Crippen LogP contribution in [0.3, 0.4) is 0 Å². The minimum Gasteiger partial charge on any atom is -0.508 e. The van der Waals surface area contributed by atoms with Crippen molar-refractivity contribution in [2.45, 2.75) is 0 Å². The van der Waals surface area contributed by atoms with Crippen molar-refractivity contribution < 1.29 is 25.2 Å². The van der Waals surface area contributed by atoms with Gasteiger partial charge in [-0.2, -0.15) is 4.98 Å². The third kappa shape index (κ3) is 4.63. The van der Waals surface area contributed by atoms with Gasteiger partial charge in [0.15, 0.2) is 23.0 Å². The molecule has 0 fully saturated rings. The summed E-state index contributed by atoms with van der Waals surface area (Å²) in [5, 5.41) is 37.2. The molecule has 0 saturated carbocycles. The number of nitrogens with one attached hydrogen (secondary N) is 1. The summed E-state index contributed by atoms with van der Waals surface area (Å²) in [4.78, 5) is 19.1. The second-order valence-electron chi connectivity index (χ2n) is 4.38. The summed E-state index contributed by atoms with van der Waals surface area (Å²) in [6.45, 7) is 0. The van der Waals surface area contributed by atoms with E-state index in [1.165, 1.54) is 36.9 Å². The van der Waals surface area contributed by atoms with E-state index in [-0.39, 0.29) is 40.2 Å². The molecular formula is C15H13N3O6. The van der Waals surface area contributed by atoms with Crippen LogP contribution >= 0.6 is 0 Å². The van der Waals surface area contributed by atoms with Gasteiger partial charge in [-0.25, -0.2) is 9.78 Å². The van der Waals surface area contributed by atoms with Gasteiger partial charge in [-0.05, 0) is 24.3 Å². The standard InChI is InChI=1S/C12H10O5.C3H3N3O/c13-7-1-3-11(9(15)5-7)17-12-4-2-8(14)6-10(12)16;7-3-5-1-4-2-6-3/h1-6,13-16H;1-2H,(H,4,5,6,7). The summed E-state index contributed by atoms with van der Waals surface area (Å²) in [6.07, 6.45) is 2.48. The highest BCUT2D eigenvalue weighted by Gasteiger charge is 2.08. The highest BCUT2D eigenvalue weighted by Crippen LogP contribution is 2.38. The molecule has 5 N–H and O–H groups in total. The van der Waals surface area contributed by atoms with Crippen molar-refractivity contribution in [2.24, 2.45) is 0 Å². The molecule has 9 heteroatoms. The van der Waals surface area contributed by atoms with E-state index in [0.717, 1.165) is 12.1 Å². The Morgan fingerprint density at radius 2 is 1.42 bits per heavy atom. The van der Waals surface area contributed by atoms with E-state index in [2.05, 4.69) is 15.0 Å². The molecule has 1 aromatic heterocycles. The number of ether oxygens (including phenoxy) is 1. The molecule has 9 nitrogen and oxygen atoms in total. The zero-order valence-corrected chi connectivity index (χ0v) is 12.1. The molecule has 2 aromatic carbocycles. The first-order valence-electron chi connectivity index (χ1n) is 6.52. The van der Waals surface area contributed by atoms with Gasteiger partial charge in [0.25, 0.3) is 0 Å². The third-order valence-corrected chi connectivity index (χ3v) is 2.61. The maximum absolute atomic E-state index is 10.1. The lowest BCUT2D eigenvalue weighted by Gasteiger charge is -2.09. The van der Waals surface area contributed by atoms with E-state index in [1.807, 2.05) is 0 Å². The second kappa shape index (κ2) is 7.49. The molecule has 0 aliphatic carbocycles. The number of aromatic nitrogens is 3. The summed E-state index contributed by atoms with van der Waals surface area (Å²) in [7, 11) is 0. The van der Waals surface area contributed by atoms with Crippen molar-refractivity contribution in [2.75, 3.05) is 0 Å². The van der Waals surface area contributed by atoms with Gasteiger partial charge < -0.3 is 25.2 Å². The highest BCUT2D eigenvalue weighted by atomic mass is 16.5. The van der Waals surface area contributed by atoms with Crippen LogP contribution in [0.25, 0.3) is 0 Å². The van der Waals surface area contributed by atoms with Crippen LogP contribution in [0.2, 0.25) is 0 Å². The van der Waals surface area contributed by atoms with Crippen molar-refractivity contribution in [1.29, 1.82) is 0 Å². The number of nitrogens with zero attached hydrogens (tertiary/aromatic N) is 2. The van der Waals surface area contributed by atoms with Crippen molar-refractivity contribution in [1.82, 2.24) is 15.0 Å². The number of rotatable bonds is 2. The number of aromatic amines is 1. The van der Waals surface area contributed by atoms with Crippen LogP contribution in [0, 0.1) is 0 Å². The maximum Gasteiger partial charge on any atom is 0.347 e. The van der Waals surface area contributed by atoms with E-state index in [4.69, 9.17) is 14.9 Å². The maximum atomic E-state index is 10.1. The van der Waals surface area contributed by atoms with Gasteiger partial charge in [0, 0.05) is 12.1 Å². The molecule has 0 aliphatic rings. The Morgan fingerprint density at radius 1 is 0.875 bits per heavy atom. The molecule has 0 unspecified atom stereocenters. The molecule has 3 rings (SSSR count). The van der Waals surface area contributed by atoms with Crippen LogP contribution in [-0.2, 0) is 0 Å². The number of benzene rings is 2. The van der Waals surface area contributed by atoms with Crippen LogP contribution in [0.15, 0.2) is 53.8 Å². The number of hydrogen-bond donors (Lipinski definition) is 5. The lowest BCUT2D eigenvalue weighted by Crippen LogP contribution is -2.07. The summed E-state index contributed by atoms with van der Waals surface area (Å²) in [5.74, 6) is -0.517. The molecular weight excluding hydrogens is 318 g/mol. The van der Waals surface area contributed by atoms with E-state index < -0.39 is 0 Å². The molecule has 0 aliphatic heterocycles. The fraction of sp³-hybridized carbons (Fsp3) is 0. The lowest BCUT2D eigenvalue weighted by molar-refractivity contribution is 0.378. The number of H-pyrrole nitrogens is 1. The van der Waals surface area contributed by atoms with Gasteiger partial charge in [0.05, 0.1) is 6.33 Å². The van der Waals surface area contributed by atoms with Gasteiger partial charge in [-0.15, -0.1) is 0 Å². The van der Waals surface area contributed by atoms with Crippen LogP contribution in [0.1, 0.15) is 0 Å². The molecule has 0 radical (unpaired) electrons. The molecule has 0 atom stereocenters. The third-order valence-electron chi connectivity index (χ3n) is 2.61. The van der Waals surface area contributed by atoms with Crippen molar-refractivity contribution in [3.05, 3.63) is 59.5 Å². The number of phenolic OH excluding ortho intramolecular Hbond substituents is 4. The zero-order valence-electron chi connectivity index (χ0n) is 12.1. The molecule has 24 heavy (non-hydrogen) atoms. The van der Waals surface area contributed by atoms with Crippen LogP contribution in [0.5, 0.6) is 34.5 Å². The second-order valence-corrected chi connectivity index (χ2v) is 4.38. The predicted octanol–water partition coefficient (Wildman–Crippen LogP) is 1.47. The van der Waals surface area contributed by atoms with Crippen LogP contribution in [-0.4, -0.2) is 35.4 Å². The molecule has 0 saturated heterocycles. The van der Waals surface area contributed by atoms with Gasteiger partial charge in [0.2, 0.25) is 0 Å². The minimum atomic E-state index is -0.366. The summed E-state index contributed by atoms with van der Waals surface area (Å²) in [5.41, 5.74) is -0.366. The minimum absolute atomic E-state index is 0.0868. The average molecular weight is 331 g/mol. The summed E-state index contributed by atoms with van der Waals surface area (Å²) < 4.78 is 5.23.